The maximum Gasteiger partial charge on any atom is 0.337 e. The van der Waals surface area contributed by atoms with Crippen LogP contribution in [-0.2, 0) is 14.3 Å². The molecule has 0 bridgehead atoms. The van der Waals surface area contributed by atoms with E-state index in [0.717, 1.165) is 25.7 Å². The minimum absolute atomic E-state index is 0.0290. The normalized spacial score (nSPS) is 14.7. The van der Waals surface area contributed by atoms with Gasteiger partial charge in [-0.1, -0.05) is 30.9 Å². The number of carbonyl (C=O) groups excluding carboxylic acids is 3. The number of amides is 2. The number of methoxy groups -OCH3 is 1. The summed E-state index contributed by atoms with van der Waals surface area (Å²) in [7, 11) is 1.28. The van der Waals surface area contributed by atoms with E-state index in [2.05, 4.69) is 10.1 Å². The fraction of sp³-hybridized carbons (Fsp3) is 0.500. The first kappa shape index (κ1) is 19.2. The van der Waals surface area contributed by atoms with Crippen LogP contribution in [0.15, 0.2) is 18.2 Å². The predicted molar refractivity (Wildman–Crippen MR) is 95.7 cm³/mol. The van der Waals surface area contributed by atoms with Gasteiger partial charge in [-0.25, -0.2) is 4.79 Å². The smallest absolute Gasteiger partial charge is 0.337 e. The average molecular weight is 367 g/mol. The monoisotopic (exact) mass is 366 g/mol. The third kappa shape index (κ3) is 5.19. The van der Waals surface area contributed by atoms with Crippen molar-refractivity contribution in [3.05, 3.63) is 28.8 Å². The lowest BCUT2D eigenvalue weighted by Gasteiger charge is -2.33. The van der Waals surface area contributed by atoms with Crippen LogP contribution in [0.3, 0.4) is 0 Å². The van der Waals surface area contributed by atoms with E-state index in [-0.39, 0.29) is 30.0 Å². The van der Waals surface area contributed by atoms with Crippen LogP contribution in [0.1, 0.15) is 49.4 Å². The number of halogens is 1. The van der Waals surface area contributed by atoms with Crippen LogP contribution in [-0.4, -0.2) is 42.4 Å². The van der Waals surface area contributed by atoms with E-state index in [1.165, 1.54) is 38.7 Å². The molecule has 2 rings (SSSR count). The van der Waals surface area contributed by atoms with Gasteiger partial charge in [-0.2, -0.15) is 0 Å². The second kappa shape index (κ2) is 8.85. The molecule has 2 amide bonds. The van der Waals surface area contributed by atoms with Gasteiger partial charge in [-0.05, 0) is 31.0 Å². The number of nitrogens with zero attached hydrogens (tertiary/aromatic N) is 1. The van der Waals surface area contributed by atoms with Crippen molar-refractivity contribution < 1.29 is 19.1 Å². The van der Waals surface area contributed by atoms with Gasteiger partial charge in [0.15, 0.2) is 0 Å². The van der Waals surface area contributed by atoms with Gasteiger partial charge in [0.1, 0.15) is 6.54 Å². The number of anilines is 1. The molecule has 7 heteroatoms. The molecule has 0 radical (unpaired) electrons. The fourth-order valence-electron chi connectivity index (χ4n) is 3.10. The summed E-state index contributed by atoms with van der Waals surface area (Å²) >= 11 is 6.09. The largest absolute Gasteiger partial charge is 0.465 e. The summed E-state index contributed by atoms with van der Waals surface area (Å²) in [5.41, 5.74) is 0.611. The van der Waals surface area contributed by atoms with E-state index in [4.69, 9.17) is 11.6 Å². The van der Waals surface area contributed by atoms with Crippen molar-refractivity contribution in [1.29, 1.82) is 0 Å². The molecule has 0 aliphatic heterocycles. The van der Waals surface area contributed by atoms with Gasteiger partial charge in [-0.3, -0.25) is 9.59 Å². The second-order valence-electron chi connectivity index (χ2n) is 6.17. The Morgan fingerprint density at radius 2 is 1.92 bits per heavy atom. The van der Waals surface area contributed by atoms with Crippen molar-refractivity contribution in [1.82, 2.24) is 4.90 Å². The van der Waals surface area contributed by atoms with Gasteiger partial charge in [0, 0.05) is 13.0 Å². The average Bonchev–Trinajstić information content (AvgIpc) is 2.61. The molecule has 1 fully saturated rings. The summed E-state index contributed by atoms with van der Waals surface area (Å²) in [6.45, 7) is 1.45. The predicted octanol–water partition coefficient (Wildman–Crippen LogP) is 3.25. The third-order valence-corrected chi connectivity index (χ3v) is 4.73. The zero-order chi connectivity index (χ0) is 18.4. The lowest BCUT2D eigenvalue weighted by atomic mass is 9.94. The molecule has 1 saturated carbocycles. The Morgan fingerprint density at radius 1 is 1.24 bits per heavy atom. The van der Waals surface area contributed by atoms with Gasteiger partial charge >= 0.3 is 5.97 Å². The van der Waals surface area contributed by atoms with Crippen molar-refractivity contribution in [3.63, 3.8) is 0 Å². The SMILES string of the molecule is COC(=O)c1ccc(Cl)c(NC(=O)CN(C(C)=O)C2CCCCC2)c1. The van der Waals surface area contributed by atoms with E-state index >= 15 is 0 Å². The van der Waals surface area contributed by atoms with Crippen LogP contribution in [0.2, 0.25) is 5.02 Å². The molecule has 25 heavy (non-hydrogen) atoms. The van der Waals surface area contributed by atoms with Crippen LogP contribution in [0.25, 0.3) is 0 Å². The van der Waals surface area contributed by atoms with Crippen LogP contribution in [0, 0.1) is 0 Å². The van der Waals surface area contributed by atoms with Gasteiger partial charge in [0.25, 0.3) is 0 Å². The van der Waals surface area contributed by atoms with E-state index in [1.54, 1.807) is 4.90 Å². The van der Waals surface area contributed by atoms with E-state index in [1.807, 2.05) is 0 Å². The number of benzene rings is 1. The highest BCUT2D eigenvalue weighted by molar-refractivity contribution is 6.33. The van der Waals surface area contributed by atoms with Gasteiger partial charge in [0.2, 0.25) is 11.8 Å². The number of hydrogen-bond donors (Lipinski definition) is 1. The van der Waals surface area contributed by atoms with Crippen LogP contribution in [0.4, 0.5) is 5.69 Å². The first-order valence-corrected chi connectivity index (χ1v) is 8.75. The van der Waals surface area contributed by atoms with Crippen molar-refractivity contribution in [2.45, 2.75) is 45.1 Å². The Hall–Kier alpha value is -2.08. The molecule has 136 valence electrons. The molecule has 1 aromatic rings. The fourth-order valence-corrected chi connectivity index (χ4v) is 3.27. The first-order chi connectivity index (χ1) is 11.9. The second-order valence-corrected chi connectivity index (χ2v) is 6.58. The van der Waals surface area contributed by atoms with E-state index in [0.29, 0.717) is 10.7 Å². The minimum Gasteiger partial charge on any atom is -0.465 e. The van der Waals surface area contributed by atoms with E-state index in [9.17, 15) is 14.4 Å². The molecule has 1 N–H and O–H groups in total. The molecule has 0 heterocycles. The molecule has 0 aromatic heterocycles. The molecular formula is C18H23ClN2O4. The molecule has 1 aliphatic rings. The van der Waals surface area contributed by atoms with Crippen LogP contribution in [0.5, 0.6) is 0 Å². The Morgan fingerprint density at radius 3 is 2.52 bits per heavy atom. The molecule has 1 aliphatic carbocycles. The number of rotatable bonds is 5. The minimum atomic E-state index is -0.514. The summed E-state index contributed by atoms with van der Waals surface area (Å²) in [5, 5.41) is 2.99. The maximum atomic E-state index is 12.4. The highest BCUT2D eigenvalue weighted by Crippen LogP contribution is 2.25. The molecule has 0 saturated heterocycles. The maximum absolute atomic E-state index is 12.4. The molecule has 0 atom stereocenters. The molecule has 0 spiro atoms. The number of nitrogens with one attached hydrogen (secondary N) is 1. The zero-order valence-electron chi connectivity index (χ0n) is 14.5. The Balaban J connectivity index is 2.07. The lowest BCUT2D eigenvalue weighted by molar-refractivity contribution is -0.135. The van der Waals surface area contributed by atoms with Crippen molar-refractivity contribution in [2.75, 3.05) is 19.0 Å². The summed E-state index contributed by atoms with van der Waals surface area (Å²) < 4.78 is 4.66. The standard InChI is InChI=1S/C18H23ClN2O4/c1-12(22)21(14-6-4-3-5-7-14)11-17(23)20-16-10-13(18(24)25-2)8-9-15(16)19/h8-10,14H,3-7,11H2,1-2H3,(H,20,23). The number of ether oxygens (including phenoxy) is 1. The van der Waals surface area contributed by atoms with Crippen molar-refractivity contribution in [2.24, 2.45) is 0 Å². The molecule has 6 nitrogen and oxygen atoms in total. The van der Waals surface area contributed by atoms with Crippen molar-refractivity contribution >= 4 is 35.1 Å². The molecule has 0 unspecified atom stereocenters. The molecular weight excluding hydrogens is 344 g/mol. The highest BCUT2D eigenvalue weighted by Gasteiger charge is 2.25. The lowest BCUT2D eigenvalue weighted by Crippen LogP contribution is -2.44. The van der Waals surface area contributed by atoms with Crippen molar-refractivity contribution in [3.8, 4) is 0 Å². The van der Waals surface area contributed by atoms with Crippen LogP contribution < -0.4 is 5.32 Å². The third-order valence-electron chi connectivity index (χ3n) is 4.40. The van der Waals surface area contributed by atoms with Crippen LogP contribution >= 0.6 is 11.6 Å². The number of esters is 1. The topological polar surface area (TPSA) is 75.7 Å². The summed E-state index contributed by atoms with van der Waals surface area (Å²) in [5.74, 6) is -0.971. The number of carbonyl (C=O) groups is 3. The zero-order valence-corrected chi connectivity index (χ0v) is 15.3. The summed E-state index contributed by atoms with van der Waals surface area (Å²) in [6.07, 6.45) is 5.16. The quantitative estimate of drug-likeness (QED) is 0.811. The number of hydrogen-bond acceptors (Lipinski definition) is 4. The van der Waals surface area contributed by atoms with Gasteiger partial charge in [0.05, 0.1) is 23.4 Å². The van der Waals surface area contributed by atoms with Gasteiger partial charge < -0.3 is 15.0 Å². The summed E-state index contributed by atoms with van der Waals surface area (Å²) in [4.78, 5) is 37.6. The first-order valence-electron chi connectivity index (χ1n) is 8.37. The Kier molecular flexibility index (Phi) is 6.82. The summed E-state index contributed by atoms with van der Waals surface area (Å²) in [6, 6.07) is 4.61. The molecule has 1 aromatic carbocycles. The Bertz CT molecular complexity index is 656. The van der Waals surface area contributed by atoms with E-state index < -0.39 is 5.97 Å². The van der Waals surface area contributed by atoms with Gasteiger partial charge in [-0.15, -0.1) is 0 Å². The highest BCUT2D eigenvalue weighted by atomic mass is 35.5. The Labute approximate surface area is 152 Å².